The maximum atomic E-state index is 9.38. The lowest BCUT2D eigenvalue weighted by Gasteiger charge is -2.14. The number of fused-ring (bicyclic) bond motifs is 1. The van der Waals surface area contributed by atoms with E-state index in [0.29, 0.717) is 51.6 Å². The number of hydrogen-bond donors (Lipinski definition) is 2. The molecule has 0 saturated heterocycles. The first-order valence-electron chi connectivity index (χ1n) is 9.03. The average Bonchev–Trinajstić information content (AvgIpc) is 2.72. The fraction of sp³-hybridized carbons (Fsp3) is 0.238. The maximum Gasteiger partial charge on any atom is 0.143 e. The summed E-state index contributed by atoms with van der Waals surface area (Å²) < 4.78 is 11.0. The van der Waals surface area contributed by atoms with E-state index in [1.807, 2.05) is 18.2 Å². The van der Waals surface area contributed by atoms with E-state index >= 15 is 0 Å². The standard InChI is InChI=1S/C21H20Cl2N4O2/c1-28-21-11-20(16(22)10-17(21)23)27-18-8-13(12-25)26-19-9-14(4-5-15(18)19)29-7-3-2-6-24/h4-5,8-11H,2-3,6-7,24H2,1H3,(H,26,27). The molecule has 3 aromatic rings. The van der Waals surface area contributed by atoms with Gasteiger partial charge in [0.15, 0.2) is 0 Å². The van der Waals surface area contributed by atoms with Crippen LogP contribution in [0.15, 0.2) is 36.4 Å². The largest absolute Gasteiger partial charge is 0.495 e. The van der Waals surface area contributed by atoms with Crippen molar-refractivity contribution in [1.29, 1.82) is 5.26 Å². The van der Waals surface area contributed by atoms with E-state index in [-0.39, 0.29) is 5.69 Å². The van der Waals surface area contributed by atoms with E-state index in [9.17, 15) is 5.26 Å². The molecule has 0 radical (unpaired) electrons. The summed E-state index contributed by atoms with van der Waals surface area (Å²) in [7, 11) is 1.53. The summed E-state index contributed by atoms with van der Waals surface area (Å²) >= 11 is 12.4. The molecule has 0 atom stereocenters. The number of anilines is 2. The van der Waals surface area contributed by atoms with Crippen molar-refractivity contribution in [1.82, 2.24) is 4.98 Å². The van der Waals surface area contributed by atoms with Crippen molar-refractivity contribution < 1.29 is 9.47 Å². The van der Waals surface area contributed by atoms with Crippen molar-refractivity contribution in [3.8, 4) is 17.6 Å². The fourth-order valence-electron chi connectivity index (χ4n) is 2.82. The predicted molar refractivity (Wildman–Crippen MR) is 117 cm³/mol. The van der Waals surface area contributed by atoms with Gasteiger partial charge in [-0.05, 0) is 43.7 Å². The van der Waals surface area contributed by atoms with Crippen LogP contribution < -0.4 is 20.5 Å². The third-order valence-corrected chi connectivity index (χ3v) is 4.88. The Morgan fingerprint density at radius 1 is 1.10 bits per heavy atom. The highest BCUT2D eigenvalue weighted by atomic mass is 35.5. The average molecular weight is 431 g/mol. The van der Waals surface area contributed by atoms with Crippen molar-refractivity contribution in [2.24, 2.45) is 5.73 Å². The molecule has 0 bridgehead atoms. The zero-order valence-corrected chi connectivity index (χ0v) is 17.3. The summed E-state index contributed by atoms with van der Waals surface area (Å²) in [4.78, 5) is 4.39. The van der Waals surface area contributed by atoms with Crippen LogP contribution >= 0.6 is 23.2 Å². The molecule has 3 rings (SSSR count). The molecule has 6 nitrogen and oxygen atoms in total. The number of pyridine rings is 1. The summed E-state index contributed by atoms with van der Waals surface area (Å²) in [6.07, 6.45) is 1.79. The highest BCUT2D eigenvalue weighted by Crippen LogP contribution is 2.37. The van der Waals surface area contributed by atoms with Crippen LogP contribution in [-0.4, -0.2) is 25.2 Å². The number of benzene rings is 2. The summed E-state index contributed by atoms with van der Waals surface area (Å²) in [5.41, 5.74) is 7.71. The number of aromatic nitrogens is 1. The lowest BCUT2D eigenvalue weighted by Crippen LogP contribution is -2.03. The SMILES string of the molecule is COc1cc(Nc2cc(C#N)nc3cc(OCCCCN)ccc23)c(Cl)cc1Cl. The second-order valence-corrected chi connectivity index (χ2v) is 7.10. The lowest BCUT2D eigenvalue weighted by molar-refractivity contribution is 0.308. The van der Waals surface area contributed by atoms with Crippen molar-refractivity contribution in [2.45, 2.75) is 12.8 Å². The number of methoxy groups -OCH3 is 1. The highest BCUT2D eigenvalue weighted by Gasteiger charge is 2.12. The first-order chi connectivity index (χ1) is 14.0. The molecular weight excluding hydrogens is 411 g/mol. The summed E-state index contributed by atoms with van der Waals surface area (Å²) in [6, 6.07) is 12.6. The molecule has 0 spiro atoms. The normalized spacial score (nSPS) is 10.6. The van der Waals surface area contributed by atoms with Gasteiger partial charge in [-0.3, -0.25) is 0 Å². The Balaban J connectivity index is 1.96. The minimum absolute atomic E-state index is 0.275. The van der Waals surface area contributed by atoms with Gasteiger partial charge in [0.2, 0.25) is 0 Å². The number of nitriles is 1. The van der Waals surface area contributed by atoms with Gasteiger partial charge in [0.05, 0.1) is 40.7 Å². The van der Waals surface area contributed by atoms with Gasteiger partial charge in [-0.1, -0.05) is 23.2 Å². The number of ether oxygens (including phenoxy) is 2. The summed E-state index contributed by atoms with van der Waals surface area (Å²) in [6.45, 7) is 1.22. The second-order valence-electron chi connectivity index (χ2n) is 6.28. The molecule has 150 valence electrons. The Bertz CT molecular complexity index is 1070. The van der Waals surface area contributed by atoms with Gasteiger partial charge in [-0.25, -0.2) is 4.98 Å². The topological polar surface area (TPSA) is 93.2 Å². The number of nitrogens with one attached hydrogen (secondary N) is 1. The quantitative estimate of drug-likeness (QED) is 0.471. The molecule has 0 fully saturated rings. The molecule has 3 N–H and O–H groups in total. The van der Waals surface area contributed by atoms with Gasteiger partial charge in [-0.2, -0.15) is 5.26 Å². The molecule has 0 amide bonds. The van der Waals surface area contributed by atoms with E-state index in [4.69, 9.17) is 38.4 Å². The van der Waals surface area contributed by atoms with E-state index < -0.39 is 0 Å². The smallest absolute Gasteiger partial charge is 0.143 e. The van der Waals surface area contributed by atoms with Crippen molar-refractivity contribution in [3.63, 3.8) is 0 Å². The molecule has 0 aliphatic carbocycles. The van der Waals surface area contributed by atoms with Crippen LogP contribution in [0.1, 0.15) is 18.5 Å². The zero-order chi connectivity index (χ0) is 20.8. The Hall–Kier alpha value is -2.72. The minimum atomic E-state index is 0.275. The lowest BCUT2D eigenvalue weighted by atomic mass is 10.1. The number of nitrogens with two attached hydrogens (primary N) is 1. The number of hydrogen-bond acceptors (Lipinski definition) is 6. The third kappa shape index (κ3) is 5.01. The first kappa shape index (κ1) is 21.0. The third-order valence-electron chi connectivity index (χ3n) is 4.27. The van der Waals surface area contributed by atoms with E-state index in [1.165, 1.54) is 7.11 Å². The molecule has 29 heavy (non-hydrogen) atoms. The Kier molecular flexibility index (Phi) is 6.99. The molecular formula is C21H20Cl2N4O2. The van der Waals surface area contributed by atoms with E-state index in [2.05, 4.69) is 16.4 Å². The van der Waals surface area contributed by atoms with Gasteiger partial charge >= 0.3 is 0 Å². The maximum absolute atomic E-state index is 9.38. The zero-order valence-electron chi connectivity index (χ0n) is 15.8. The number of nitrogens with zero attached hydrogens (tertiary/aromatic N) is 2. The summed E-state index contributed by atoms with van der Waals surface area (Å²) in [5, 5.41) is 14.3. The second kappa shape index (κ2) is 9.66. The fourth-order valence-corrected chi connectivity index (χ4v) is 3.33. The van der Waals surface area contributed by atoms with Crippen LogP contribution in [0.2, 0.25) is 10.0 Å². The molecule has 1 aromatic heterocycles. The van der Waals surface area contributed by atoms with Gasteiger partial charge in [0.1, 0.15) is 23.3 Å². The van der Waals surface area contributed by atoms with E-state index in [1.54, 1.807) is 18.2 Å². The highest BCUT2D eigenvalue weighted by molar-refractivity contribution is 6.37. The molecule has 0 saturated carbocycles. The van der Waals surface area contributed by atoms with Gasteiger partial charge in [0.25, 0.3) is 0 Å². The van der Waals surface area contributed by atoms with Crippen molar-refractivity contribution in [3.05, 3.63) is 52.1 Å². The Labute approximate surface area is 179 Å². The minimum Gasteiger partial charge on any atom is -0.495 e. The number of rotatable bonds is 8. The van der Waals surface area contributed by atoms with Crippen molar-refractivity contribution in [2.75, 3.05) is 25.6 Å². The predicted octanol–water partition coefficient (Wildman–Crippen LogP) is 5.28. The van der Waals surface area contributed by atoms with Gasteiger partial charge in [-0.15, -0.1) is 0 Å². The molecule has 2 aromatic carbocycles. The molecule has 0 unspecified atom stereocenters. The van der Waals surface area contributed by atoms with E-state index in [0.717, 1.165) is 18.2 Å². The molecule has 0 aliphatic heterocycles. The van der Waals surface area contributed by atoms with Crippen LogP contribution in [-0.2, 0) is 0 Å². The van der Waals surface area contributed by atoms with Gasteiger partial charge < -0.3 is 20.5 Å². The first-order valence-corrected chi connectivity index (χ1v) is 9.79. The van der Waals surface area contributed by atoms with Gasteiger partial charge in [0, 0.05) is 17.5 Å². The number of unbranched alkanes of at least 4 members (excludes halogenated alkanes) is 1. The molecule has 1 heterocycles. The summed E-state index contributed by atoms with van der Waals surface area (Å²) in [5.74, 6) is 1.18. The monoisotopic (exact) mass is 430 g/mol. The Morgan fingerprint density at radius 2 is 1.93 bits per heavy atom. The van der Waals surface area contributed by atoms with Crippen LogP contribution in [0.3, 0.4) is 0 Å². The van der Waals surface area contributed by atoms with Crippen LogP contribution in [0.4, 0.5) is 11.4 Å². The molecule has 8 heteroatoms. The van der Waals surface area contributed by atoms with Crippen LogP contribution in [0.5, 0.6) is 11.5 Å². The van der Waals surface area contributed by atoms with Crippen LogP contribution in [0.25, 0.3) is 10.9 Å². The van der Waals surface area contributed by atoms with Crippen LogP contribution in [0, 0.1) is 11.3 Å². The Morgan fingerprint density at radius 3 is 2.66 bits per heavy atom. The molecule has 0 aliphatic rings. The number of halogens is 2. The van der Waals surface area contributed by atoms with Crippen molar-refractivity contribution >= 4 is 45.5 Å².